The maximum Gasteiger partial charge on any atom is 0.267 e. The van der Waals surface area contributed by atoms with Gasteiger partial charge in [-0.3, -0.25) is 9.59 Å². The average molecular weight is 399 g/mol. The Bertz CT molecular complexity index is 880. The summed E-state index contributed by atoms with van der Waals surface area (Å²) < 4.78 is 5.65. The third kappa shape index (κ3) is 3.99. The van der Waals surface area contributed by atoms with E-state index < -0.39 is 6.10 Å². The number of anilines is 1. The van der Waals surface area contributed by atoms with Crippen LogP contribution in [0.3, 0.4) is 0 Å². The number of carbonyl (C=O) groups is 2. The molecule has 2 atom stereocenters. The summed E-state index contributed by atoms with van der Waals surface area (Å²) in [4.78, 5) is 26.9. The first-order valence-corrected chi connectivity index (χ1v) is 10.0. The molecule has 5 nitrogen and oxygen atoms in total. The van der Waals surface area contributed by atoms with Gasteiger partial charge in [-0.15, -0.1) is 0 Å². The second kappa shape index (κ2) is 7.84. The molecule has 2 unspecified atom stereocenters. The van der Waals surface area contributed by atoms with Crippen LogP contribution in [0.4, 0.5) is 5.69 Å². The van der Waals surface area contributed by atoms with Crippen molar-refractivity contribution in [3.63, 3.8) is 0 Å². The number of para-hydroxylation sites is 2. The van der Waals surface area contributed by atoms with Crippen molar-refractivity contribution in [2.24, 2.45) is 5.92 Å². The lowest BCUT2D eigenvalue weighted by Gasteiger charge is -2.33. The van der Waals surface area contributed by atoms with Crippen molar-refractivity contribution in [3.8, 4) is 5.75 Å². The highest BCUT2D eigenvalue weighted by molar-refractivity contribution is 6.30. The minimum absolute atomic E-state index is 0.00336. The fraction of sp³-hybridized carbons (Fsp3) is 0.364. The van der Waals surface area contributed by atoms with Gasteiger partial charge in [0.25, 0.3) is 5.91 Å². The van der Waals surface area contributed by atoms with Gasteiger partial charge < -0.3 is 15.0 Å². The molecule has 0 aromatic heterocycles. The van der Waals surface area contributed by atoms with Gasteiger partial charge in [0.2, 0.25) is 5.91 Å². The summed E-state index contributed by atoms with van der Waals surface area (Å²) in [6.07, 6.45) is 1.91. The highest BCUT2D eigenvalue weighted by Gasteiger charge is 2.34. The van der Waals surface area contributed by atoms with E-state index in [2.05, 4.69) is 5.32 Å². The lowest BCUT2D eigenvalue weighted by Crippen LogP contribution is -2.46. The highest BCUT2D eigenvalue weighted by atomic mass is 35.5. The highest BCUT2D eigenvalue weighted by Crippen LogP contribution is 2.41. The van der Waals surface area contributed by atoms with Gasteiger partial charge in [-0.25, -0.2) is 0 Å². The molecule has 1 fully saturated rings. The van der Waals surface area contributed by atoms with E-state index in [1.165, 1.54) is 0 Å². The number of fused-ring (bicyclic) bond motifs is 1. The summed E-state index contributed by atoms with van der Waals surface area (Å²) in [6.45, 7) is 2.06. The van der Waals surface area contributed by atoms with Crippen LogP contribution in [0.25, 0.3) is 0 Å². The summed E-state index contributed by atoms with van der Waals surface area (Å²) in [5.74, 6) is 0.960. The predicted octanol–water partition coefficient (Wildman–Crippen LogP) is 4.11. The van der Waals surface area contributed by atoms with Gasteiger partial charge in [-0.05, 0) is 55.5 Å². The molecular formula is C22H23ClN2O3. The lowest BCUT2D eigenvalue weighted by atomic mass is 10.0. The third-order valence-corrected chi connectivity index (χ3v) is 5.53. The van der Waals surface area contributed by atoms with E-state index in [0.29, 0.717) is 23.2 Å². The Balaban J connectivity index is 1.42. The van der Waals surface area contributed by atoms with E-state index in [1.807, 2.05) is 48.5 Å². The second-order valence-corrected chi connectivity index (χ2v) is 7.84. The number of nitrogens with zero attached hydrogens (tertiary/aromatic N) is 1. The van der Waals surface area contributed by atoms with Crippen LogP contribution in [0.1, 0.15) is 37.8 Å². The Hall–Kier alpha value is -2.53. The standard InChI is InChI=1S/C22H23ClN2O3/c1-14-22(27)25(18-4-2-3-5-19(18)28-14)13-12-20(26)24-21(15-6-7-15)16-8-10-17(23)11-9-16/h2-5,8-11,14-15,21H,6-7,12-13H2,1H3,(H,24,26). The summed E-state index contributed by atoms with van der Waals surface area (Å²) in [5.41, 5.74) is 1.79. The molecule has 2 aromatic carbocycles. The van der Waals surface area contributed by atoms with Crippen molar-refractivity contribution in [1.82, 2.24) is 5.32 Å². The number of carbonyl (C=O) groups excluding carboxylic acids is 2. The first-order chi connectivity index (χ1) is 13.5. The maximum atomic E-state index is 12.7. The average Bonchev–Trinajstić information content (AvgIpc) is 3.52. The molecule has 4 rings (SSSR count). The number of amides is 2. The van der Waals surface area contributed by atoms with Gasteiger partial charge >= 0.3 is 0 Å². The van der Waals surface area contributed by atoms with Crippen LogP contribution in [0, 0.1) is 5.92 Å². The van der Waals surface area contributed by atoms with Gasteiger partial charge in [-0.2, -0.15) is 0 Å². The Morgan fingerprint density at radius 2 is 1.93 bits per heavy atom. The molecule has 146 valence electrons. The summed E-state index contributed by atoms with van der Waals surface area (Å²) >= 11 is 5.98. The van der Waals surface area contributed by atoms with Gasteiger partial charge in [-0.1, -0.05) is 35.9 Å². The predicted molar refractivity (Wildman–Crippen MR) is 109 cm³/mol. The van der Waals surface area contributed by atoms with Crippen molar-refractivity contribution in [3.05, 3.63) is 59.1 Å². The zero-order chi connectivity index (χ0) is 19.7. The Kier molecular flexibility index (Phi) is 5.27. The molecule has 1 heterocycles. The summed E-state index contributed by atoms with van der Waals surface area (Å²) in [7, 11) is 0. The number of ether oxygens (including phenoxy) is 1. The second-order valence-electron chi connectivity index (χ2n) is 7.40. The molecule has 1 saturated carbocycles. The maximum absolute atomic E-state index is 12.7. The summed E-state index contributed by atoms with van der Waals surface area (Å²) in [6, 6.07) is 15.1. The van der Waals surface area contributed by atoms with E-state index in [-0.39, 0.29) is 24.3 Å². The number of hydrogen-bond acceptors (Lipinski definition) is 3. The number of halogens is 1. The molecule has 6 heteroatoms. The Labute approximate surface area is 169 Å². The van der Waals surface area contributed by atoms with Crippen molar-refractivity contribution < 1.29 is 14.3 Å². The largest absolute Gasteiger partial charge is 0.479 e. The van der Waals surface area contributed by atoms with E-state index >= 15 is 0 Å². The van der Waals surface area contributed by atoms with Gasteiger partial charge in [0.05, 0.1) is 11.7 Å². The number of benzene rings is 2. The molecule has 2 aliphatic rings. The van der Waals surface area contributed by atoms with Crippen LogP contribution < -0.4 is 15.0 Å². The molecule has 1 aliphatic carbocycles. The fourth-order valence-electron chi connectivity index (χ4n) is 3.62. The van der Waals surface area contributed by atoms with Crippen molar-refractivity contribution in [2.75, 3.05) is 11.4 Å². The summed E-state index contributed by atoms with van der Waals surface area (Å²) in [5, 5.41) is 3.84. The van der Waals surface area contributed by atoms with Crippen molar-refractivity contribution in [1.29, 1.82) is 0 Å². The minimum Gasteiger partial charge on any atom is -0.479 e. The van der Waals surface area contributed by atoms with Crippen LogP contribution in [0.2, 0.25) is 5.02 Å². The van der Waals surface area contributed by atoms with Crippen LogP contribution in [0.5, 0.6) is 5.75 Å². The molecule has 0 bridgehead atoms. The number of rotatable bonds is 6. The third-order valence-electron chi connectivity index (χ3n) is 5.28. The Morgan fingerprint density at radius 1 is 1.21 bits per heavy atom. The zero-order valence-electron chi connectivity index (χ0n) is 15.7. The van der Waals surface area contributed by atoms with Crippen molar-refractivity contribution in [2.45, 2.75) is 38.3 Å². The molecular weight excluding hydrogens is 376 g/mol. The van der Waals surface area contributed by atoms with Crippen LogP contribution in [-0.2, 0) is 9.59 Å². The topological polar surface area (TPSA) is 58.6 Å². The van der Waals surface area contributed by atoms with E-state index in [1.54, 1.807) is 11.8 Å². The number of nitrogens with one attached hydrogen (secondary N) is 1. The molecule has 0 spiro atoms. The molecule has 2 amide bonds. The quantitative estimate of drug-likeness (QED) is 0.796. The molecule has 28 heavy (non-hydrogen) atoms. The molecule has 0 saturated heterocycles. The molecule has 2 aromatic rings. The smallest absolute Gasteiger partial charge is 0.267 e. The lowest BCUT2D eigenvalue weighted by molar-refractivity contribution is -0.125. The normalized spacial score (nSPS) is 19.6. The van der Waals surface area contributed by atoms with Gasteiger partial charge in [0, 0.05) is 18.0 Å². The first-order valence-electron chi connectivity index (χ1n) is 9.65. The molecule has 1 N–H and O–H groups in total. The molecule has 0 radical (unpaired) electrons. The van der Waals surface area contributed by atoms with Crippen LogP contribution in [-0.4, -0.2) is 24.5 Å². The van der Waals surface area contributed by atoms with Gasteiger partial charge in [0.15, 0.2) is 6.10 Å². The van der Waals surface area contributed by atoms with E-state index in [4.69, 9.17) is 16.3 Å². The minimum atomic E-state index is -0.550. The van der Waals surface area contributed by atoms with Gasteiger partial charge in [0.1, 0.15) is 5.75 Å². The molecule has 1 aliphatic heterocycles. The van der Waals surface area contributed by atoms with E-state index in [9.17, 15) is 9.59 Å². The van der Waals surface area contributed by atoms with Crippen molar-refractivity contribution >= 4 is 29.1 Å². The fourth-order valence-corrected chi connectivity index (χ4v) is 3.75. The SMILES string of the molecule is CC1Oc2ccccc2N(CCC(=O)NC(c2ccc(Cl)cc2)C2CC2)C1=O. The first kappa shape index (κ1) is 18.8. The zero-order valence-corrected chi connectivity index (χ0v) is 16.5. The Morgan fingerprint density at radius 3 is 2.64 bits per heavy atom. The monoisotopic (exact) mass is 398 g/mol. The van der Waals surface area contributed by atoms with Crippen LogP contribution in [0.15, 0.2) is 48.5 Å². The van der Waals surface area contributed by atoms with Crippen LogP contribution >= 0.6 is 11.6 Å². The van der Waals surface area contributed by atoms with E-state index in [0.717, 1.165) is 24.1 Å². The number of hydrogen-bond donors (Lipinski definition) is 1.